The summed E-state index contributed by atoms with van der Waals surface area (Å²) in [4.78, 5) is 14.3. The molecule has 0 radical (unpaired) electrons. The van der Waals surface area contributed by atoms with Gasteiger partial charge in [-0.1, -0.05) is 18.2 Å². The number of fused-ring (bicyclic) bond motifs is 1. The van der Waals surface area contributed by atoms with E-state index in [-0.39, 0.29) is 11.5 Å². The van der Waals surface area contributed by atoms with Crippen molar-refractivity contribution >= 4 is 16.9 Å². The minimum Gasteiger partial charge on any atom is -0.465 e. The Morgan fingerprint density at radius 1 is 1.19 bits per heavy atom. The van der Waals surface area contributed by atoms with E-state index < -0.39 is 0 Å². The number of methoxy groups -OCH3 is 1. The van der Waals surface area contributed by atoms with Gasteiger partial charge in [0.15, 0.2) is 0 Å². The average Bonchev–Trinajstić information content (AvgIpc) is 3.05. The number of hydrogen-bond acceptors (Lipinski definition) is 4. The van der Waals surface area contributed by atoms with Crippen molar-refractivity contribution in [2.75, 3.05) is 20.7 Å². The van der Waals surface area contributed by atoms with Crippen LogP contribution in [0.25, 0.3) is 16.6 Å². The largest absolute Gasteiger partial charge is 0.465 e. The number of likely N-dealkylation sites (N-methyl/N-ethyl adjacent to an activating group) is 1. The first kappa shape index (κ1) is 19.1. The summed E-state index contributed by atoms with van der Waals surface area (Å²) in [6, 6.07) is 15.9. The van der Waals surface area contributed by atoms with Crippen LogP contribution in [0.1, 0.15) is 29.8 Å². The van der Waals surface area contributed by atoms with Crippen molar-refractivity contribution in [2.45, 2.75) is 25.9 Å². The van der Waals surface area contributed by atoms with Gasteiger partial charge in [0.1, 0.15) is 0 Å². The lowest BCUT2D eigenvalue weighted by atomic mass is 10.0. The second-order valence-electron chi connectivity index (χ2n) is 7.46. The Morgan fingerprint density at radius 2 is 1.89 bits per heavy atom. The summed E-state index contributed by atoms with van der Waals surface area (Å²) in [5.74, 6) is -0.328. The van der Waals surface area contributed by atoms with E-state index in [0.717, 1.165) is 28.7 Å². The van der Waals surface area contributed by atoms with Crippen molar-refractivity contribution < 1.29 is 9.53 Å². The molecule has 1 aromatic heterocycles. The molecular weight excluding hydrogens is 338 g/mol. The first-order valence-electron chi connectivity index (χ1n) is 9.06. The van der Waals surface area contributed by atoms with Gasteiger partial charge in [0.05, 0.1) is 18.2 Å². The lowest BCUT2D eigenvalue weighted by Crippen LogP contribution is -2.46. The topological polar surface area (TPSA) is 60.5 Å². The number of para-hydroxylation sites is 1. The molecule has 1 heterocycles. The third kappa shape index (κ3) is 3.75. The molecule has 0 aliphatic rings. The van der Waals surface area contributed by atoms with Crippen LogP contribution in [0.5, 0.6) is 0 Å². The van der Waals surface area contributed by atoms with Crippen LogP contribution >= 0.6 is 0 Å². The fraction of sp³-hybridized carbons (Fsp3) is 0.318. The van der Waals surface area contributed by atoms with E-state index in [9.17, 15) is 4.79 Å². The zero-order valence-corrected chi connectivity index (χ0v) is 16.4. The van der Waals surface area contributed by atoms with Gasteiger partial charge in [-0.05, 0) is 56.8 Å². The molecule has 0 saturated carbocycles. The van der Waals surface area contributed by atoms with Gasteiger partial charge >= 0.3 is 5.97 Å². The van der Waals surface area contributed by atoms with E-state index in [0.29, 0.717) is 12.1 Å². The van der Waals surface area contributed by atoms with Gasteiger partial charge in [-0.25, -0.2) is 4.79 Å². The highest BCUT2D eigenvalue weighted by molar-refractivity contribution is 5.96. The Balaban J connectivity index is 2.14. The fourth-order valence-corrected chi connectivity index (χ4v) is 3.10. The van der Waals surface area contributed by atoms with Crippen molar-refractivity contribution in [2.24, 2.45) is 5.73 Å². The summed E-state index contributed by atoms with van der Waals surface area (Å²) in [6.07, 6.45) is 2.14. The Hall–Kier alpha value is -2.63. The van der Waals surface area contributed by atoms with Crippen LogP contribution in [0.2, 0.25) is 0 Å². The summed E-state index contributed by atoms with van der Waals surface area (Å²) in [5.41, 5.74) is 9.66. The third-order valence-electron chi connectivity index (χ3n) is 5.28. The van der Waals surface area contributed by atoms with E-state index in [2.05, 4.69) is 48.7 Å². The van der Waals surface area contributed by atoms with E-state index in [4.69, 9.17) is 10.5 Å². The van der Waals surface area contributed by atoms with Crippen molar-refractivity contribution in [3.63, 3.8) is 0 Å². The quantitative estimate of drug-likeness (QED) is 0.678. The minimum atomic E-state index is -0.328. The van der Waals surface area contributed by atoms with Crippen LogP contribution in [0.15, 0.2) is 54.7 Å². The Kier molecular flexibility index (Phi) is 5.35. The highest BCUT2D eigenvalue weighted by Gasteiger charge is 2.23. The molecule has 0 atom stereocenters. The molecular formula is C22H27N3O2. The molecule has 2 N–H and O–H groups in total. The summed E-state index contributed by atoms with van der Waals surface area (Å²) in [6.45, 7) is 5.55. The predicted octanol–water partition coefficient (Wildman–Crippen LogP) is 3.59. The van der Waals surface area contributed by atoms with Crippen molar-refractivity contribution in [3.8, 4) is 5.69 Å². The molecule has 0 fully saturated rings. The van der Waals surface area contributed by atoms with Crippen LogP contribution < -0.4 is 5.73 Å². The number of hydrogen-bond donors (Lipinski definition) is 1. The molecule has 142 valence electrons. The van der Waals surface area contributed by atoms with Crippen molar-refractivity contribution in [1.82, 2.24) is 9.47 Å². The highest BCUT2D eigenvalue weighted by atomic mass is 16.5. The Morgan fingerprint density at radius 3 is 2.52 bits per heavy atom. The maximum atomic E-state index is 12.0. The Labute approximate surface area is 160 Å². The average molecular weight is 365 g/mol. The first-order valence-corrected chi connectivity index (χ1v) is 9.06. The lowest BCUT2D eigenvalue weighted by Gasteiger charge is -2.34. The fourth-order valence-electron chi connectivity index (χ4n) is 3.10. The van der Waals surface area contributed by atoms with Crippen LogP contribution in [-0.2, 0) is 11.3 Å². The van der Waals surface area contributed by atoms with Gasteiger partial charge in [-0.2, -0.15) is 0 Å². The molecule has 0 aliphatic carbocycles. The number of nitrogens with two attached hydrogens (primary N) is 1. The van der Waals surface area contributed by atoms with E-state index in [1.165, 1.54) is 7.11 Å². The van der Waals surface area contributed by atoms with Gasteiger partial charge in [0.25, 0.3) is 0 Å². The maximum Gasteiger partial charge on any atom is 0.337 e. The predicted molar refractivity (Wildman–Crippen MR) is 109 cm³/mol. The van der Waals surface area contributed by atoms with E-state index >= 15 is 0 Å². The number of nitrogens with zero attached hydrogens (tertiary/aromatic N) is 2. The molecule has 0 unspecified atom stereocenters. The summed E-state index contributed by atoms with van der Waals surface area (Å²) < 4.78 is 7.06. The maximum absolute atomic E-state index is 12.0. The molecule has 0 saturated heterocycles. The van der Waals surface area contributed by atoms with E-state index in [1.807, 2.05) is 36.4 Å². The molecule has 5 nitrogen and oxygen atoms in total. The number of benzene rings is 2. The minimum absolute atomic E-state index is 0.124. The van der Waals surface area contributed by atoms with Gasteiger partial charge in [-0.3, -0.25) is 4.90 Å². The second kappa shape index (κ2) is 7.55. The smallest absolute Gasteiger partial charge is 0.337 e. The molecule has 2 aromatic carbocycles. The molecule has 3 aromatic rings. The normalized spacial score (nSPS) is 11.9. The second-order valence-corrected chi connectivity index (χ2v) is 7.46. The van der Waals surface area contributed by atoms with Gasteiger partial charge in [-0.15, -0.1) is 0 Å². The van der Waals surface area contributed by atoms with Crippen LogP contribution in [0.4, 0.5) is 0 Å². The number of rotatable bonds is 6. The van der Waals surface area contributed by atoms with Gasteiger partial charge in [0.2, 0.25) is 0 Å². The number of ether oxygens (including phenoxy) is 1. The molecule has 27 heavy (non-hydrogen) atoms. The number of esters is 1. The van der Waals surface area contributed by atoms with Crippen molar-refractivity contribution in [3.05, 3.63) is 65.9 Å². The van der Waals surface area contributed by atoms with Crippen LogP contribution in [0.3, 0.4) is 0 Å². The monoisotopic (exact) mass is 365 g/mol. The third-order valence-corrected chi connectivity index (χ3v) is 5.28. The van der Waals surface area contributed by atoms with Crippen molar-refractivity contribution in [1.29, 1.82) is 0 Å². The molecule has 0 aliphatic heterocycles. The number of carbonyl (C=O) groups excluding carboxylic acids is 1. The first-order chi connectivity index (χ1) is 12.9. The number of aromatic nitrogens is 1. The standard InChI is InChI=1S/C22H27N3O2/c1-22(2,15-23)24(3)13-17-14-25(18-8-6-5-7-9-18)20-11-10-16(12-19(17)20)21(26)27-4/h5-12,14H,13,15,23H2,1-4H3. The molecule has 5 heteroatoms. The molecule has 0 bridgehead atoms. The lowest BCUT2D eigenvalue weighted by molar-refractivity contribution is 0.0601. The van der Waals surface area contributed by atoms with Crippen LogP contribution in [-0.4, -0.2) is 41.7 Å². The van der Waals surface area contributed by atoms with Gasteiger partial charge in [0, 0.05) is 35.9 Å². The van der Waals surface area contributed by atoms with Crippen LogP contribution in [0, 0.1) is 0 Å². The Bertz CT molecular complexity index is 945. The molecule has 0 spiro atoms. The van der Waals surface area contributed by atoms with E-state index in [1.54, 1.807) is 0 Å². The molecule has 0 amide bonds. The summed E-state index contributed by atoms with van der Waals surface area (Å²) in [5, 5.41) is 1.04. The zero-order valence-electron chi connectivity index (χ0n) is 16.4. The summed E-state index contributed by atoms with van der Waals surface area (Å²) >= 11 is 0. The number of carbonyl (C=O) groups is 1. The SMILES string of the molecule is COC(=O)c1ccc2c(c1)c(CN(C)C(C)(C)CN)cn2-c1ccccc1. The summed E-state index contributed by atoms with van der Waals surface area (Å²) in [7, 11) is 3.48. The highest BCUT2D eigenvalue weighted by Crippen LogP contribution is 2.28. The zero-order chi connectivity index (χ0) is 19.6. The molecule has 3 rings (SSSR count). The van der Waals surface area contributed by atoms with Gasteiger partial charge < -0.3 is 15.0 Å².